The quantitative estimate of drug-likeness (QED) is 0.232. The highest BCUT2D eigenvalue weighted by Crippen LogP contribution is 2.26. The summed E-state index contributed by atoms with van der Waals surface area (Å²) in [6, 6.07) is 5.49. The number of nitrogens with zero attached hydrogens (tertiary/aromatic N) is 1. The van der Waals surface area contributed by atoms with Gasteiger partial charge in [0, 0.05) is 30.4 Å². The molecule has 7 heteroatoms. The molecule has 1 aliphatic carbocycles. The molecule has 0 bridgehead atoms. The van der Waals surface area contributed by atoms with Crippen LogP contribution in [0, 0.1) is 18.3 Å². The Morgan fingerprint density at radius 3 is 2.31 bits per heavy atom. The van der Waals surface area contributed by atoms with Crippen LogP contribution in [0.3, 0.4) is 0 Å². The maximum absolute atomic E-state index is 12.9. The van der Waals surface area contributed by atoms with Gasteiger partial charge in [-0.1, -0.05) is 6.08 Å². The molecule has 2 aliphatic rings. The summed E-state index contributed by atoms with van der Waals surface area (Å²) >= 11 is 0. The van der Waals surface area contributed by atoms with Crippen LogP contribution in [0.25, 0.3) is 0 Å². The minimum atomic E-state index is -0.134. The van der Waals surface area contributed by atoms with Gasteiger partial charge in [-0.25, -0.2) is 4.39 Å². The molecule has 0 saturated carbocycles. The van der Waals surface area contributed by atoms with Crippen molar-refractivity contribution in [2.75, 3.05) is 44.3 Å². The van der Waals surface area contributed by atoms with E-state index in [9.17, 15) is 9.18 Å². The number of nitrogens with one attached hydrogen (secondary N) is 2. The van der Waals surface area contributed by atoms with Gasteiger partial charge in [-0.15, -0.1) is 26.0 Å². The van der Waals surface area contributed by atoms with Crippen LogP contribution in [0.1, 0.15) is 31.2 Å². The van der Waals surface area contributed by atoms with Crippen molar-refractivity contribution in [3.63, 3.8) is 0 Å². The summed E-state index contributed by atoms with van der Waals surface area (Å²) in [7, 11) is 1.82. The number of ketones is 1. The summed E-state index contributed by atoms with van der Waals surface area (Å²) in [5.41, 5.74) is 14.5. The fraction of sp³-hybridized carbons (Fsp3) is 0.360. The van der Waals surface area contributed by atoms with Gasteiger partial charge in [0.15, 0.2) is 5.78 Å². The van der Waals surface area contributed by atoms with E-state index >= 15 is 0 Å². The van der Waals surface area contributed by atoms with Gasteiger partial charge in [0.05, 0.1) is 18.8 Å². The number of nitrogen functional groups attached to an aromatic ring is 1. The molecule has 1 aromatic carbocycles. The molecule has 6 nitrogen and oxygen atoms in total. The second-order valence-corrected chi connectivity index (χ2v) is 6.96. The second kappa shape index (κ2) is 16.5. The number of benzene rings is 1. The topological polar surface area (TPSA) is 108 Å². The average Bonchev–Trinajstić information content (AvgIpc) is 3.35. The van der Waals surface area contributed by atoms with E-state index in [-0.39, 0.29) is 18.2 Å². The Hall–Kier alpha value is -3.21. The first kappa shape index (κ1) is 28.8. The van der Waals surface area contributed by atoms with Gasteiger partial charge in [-0.3, -0.25) is 15.1 Å². The molecule has 1 aliphatic heterocycles. The van der Waals surface area contributed by atoms with Crippen molar-refractivity contribution >= 4 is 22.9 Å². The molecule has 0 aromatic heterocycles. The number of carbonyl (C=O) groups excluding carboxylic acids is 1. The zero-order valence-corrected chi connectivity index (χ0v) is 19.0. The number of carbonyl (C=O) groups is 1. The molecule has 1 aromatic rings. The number of hydrogen-bond donors (Lipinski definition) is 4. The van der Waals surface area contributed by atoms with Gasteiger partial charge in [0.25, 0.3) is 0 Å². The number of nitrogens with two attached hydrogens (primary N) is 2. The van der Waals surface area contributed by atoms with E-state index < -0.39 is 0 Å². The first-order valence-electron chi connectivity index (χ1n) is 10.4. The van der Waals surface area contributed by atoms with Crippen LogP contribution in [0.2, 0.25) is 0 Å². The Balaban J connectivity index is 0.000000582. The van der Waals surface area contributed by atoms with Crippen LogP contribution >= 0.6 is 0 Å². The number of allylic oxidation sites excluding steroid dienone is 4. The molecule has 174 valence electrons. The van der Waals surface area contributed by atoms with Crippen LogP contribution in [0.5, 0.6) is 0 Å². The highest BCUT2D eigenvalue weighted by atomic mass is 19.1. The number of likely N-dealkylation sites (tertiary alicyclic amines) is 1. The summed E-state index contributed by atoms with van der Waals surface area (Å²) < 4.78 is 12.9. The van der Waals surface area contributed by atoms with Crippen molar-refractivity contribution in [2.45, 2.75) is 25.7 Å². The Kier molecular flexibility index (Phi) is 14.8. The summed E-state index contributed by atoms with van der Waals surface area (Å²) in [4.78, 5) is 13.0. The van der Waals surface area contributed by atoms with Crippen LogP contribution in [-0.4, -0.2) is 49.6 Å². The van der Waals surface area contributed by atoms with Crippen molar-refractivity contribution in [1.82, 2.24) is 4.90 Å². The van der Waals surface area contributed by atoms with Crippen molar-refractivity contribution in [3.05, 3.63) is 60.5 Å². The fourth-order valence-electron chi connectivity index (χ4n) is 3.19. The summed E-state index contributed by atoms with van der Waals surface area (Å²) in [5, 5.41) is 11.1. The van der Waals surface area contributed by atoms with Gasteiger partial charge in [-0.05, 0) is 62.2 Å². The lowest BCUT2D eigenvalue weighted by atomic mass is 9.94. The normalized spacial score (nSPS) is 14.7. The van der Waals surface area contributed by atoms with Gasteiger partial charge < -0.3 is 16.8 Å². The SMILES string of the molecule is C#C.C=C.CNc1ccc(C(=N)C2=CC=C(F)CC2)c(N)c1.NCC(=O)CN1CCCC1. The molecule has 3 rings (SSSR count). The molecule has 0 atom stereocenters. The lowest BCUT2D eigenvalue weighted by molar-refractivity contribution is -0.118. The third kappa shape index (κ3) is 9.73. The smallest absolute Gasteiger partial charge is 0.160 e. The van der Waals surface area contributed by atoms with E-state index in [0.29, 0.717) is 36.3 Å². The van der Waals surface area contributed by atoms with E-state index in [1.54, 1.807) is 12.1 Å². The predicted octanol–water partition coefficient (Wildman–Crippen LogP) is 3.91. The number of Topliss-reactive ketones (excluding diaryl/α,β-unsaturated/α-hetero) is 1. The number of hydrogen-bond acceptors (Lipinski definition) is 6. The minimum absolute atomic E-state index is 0.134. The first-order chi connectivity index (χ1) is 15.4. The number of halogens is 1. The molecule has 6 N–H and O–H groups in total. The highest BCUT2D eigenvalue weighted by molar-refractivity contribution is 6.14. The van der Waals surface area contributed by atoms with Crippen LogP contribution in [-0.2, 0) is 4.79 Å². The van der Waals surface area contributed by atoms with Gasteiger partial charge in [-0.2, -0.15) is 0 Å². The van der Waals surface area contributed by atoms with E-state index in [0.717, 1.165) is 24.4 Å². The van der Waals surface area contributed by atoms with E-state index in [1.807, 2.05) is 19.2 Å². The Labute approximate surface area is 191 Å². The van der Waals surface area contributed by atoms with E-state index in [2.05, 4.69) is 36.2 Å². The Morgan fingerprint density at radius 1 is 1.22 bits per heavy atom. The summed E-state index contributed by atoms with van der Waals surface area (Å²) in [6.07, 6.45) is 14.5. The maximum atomic E-state index is 12.9. The number of terminal acetylenes is 1. The zero-order chi connectivity index (χ0) is 24.5. The molecular weight excluding hydrogens is 405 g/mol. The largest absolute Gasteiger partial charge is 0.398 e. The maximum Gasteiger partial charge on any atom is 0.160 e. The monoisotopic (exact) mass is 441 g/mol. The molecule has 1 fully saturated rings. The van der Waals surface area contributed by atoms with Crippen molar-refractivity contribution in [2.24, 2.45) is 5.73 Å². The molecule has 0 radical (unpaired) electrons. The average molecular weight is 442 g/mol. The number of rotatable bonds is 6. The van der Waals surface area contributed by atoms with Crippen molar-refractivity contribution < 1.29 is 9.18 Å². The molecule has 1 saturated heterocycles. The first-order valence-corrected chi connectivity index (χ1v) is 10.4. The highest BCUT2D eigenvalue weighted by Gasteiger charge is 2.15. The molecular formula is C25H36FN5O. The fourth-order valence-corrected chi connectivity index (χ4v) is 3.19. The van der Waals surface area contributed by atoms with Crippen molar-refractivity contribution in [3.8, 4) is 12.8 Å². The third-order valence-electron chi connectivity index (χ3n) is 4.86. The van der Waals surface area contributed by atoms with Gasteiger partial charge in [0.1, 0.15) is 5.83 Å². The molecule has 0 spiro atoms. The van der Waals surface area contributed by atoms with Gasteiger partial charge in [0.2, 0.25) is 0 Å². The lowest BCUT2D eigenvalue weighted by Gasteiger charge is -2.14. The summed E-state index contributed by atoms with van der Waals surface area (Å²) in [5.74, 6) is 0.0203. The summed E-state index contributed by atoms with van der Waals surface area (Å²) in [6.45, 7) is 8.91. The van der Waals surface area contributed by atoms with Crippen LogP contribution < -0.4 is 16.8 Å². The number of anilines is 2. The Morgan fingerprint density at radius 2 is 1.84 bits per heavy atom. The van der Waals surface area contributed by atoms with Crippen LogP contribution in [0.15, 0.2) is 54.9 Å². The molecule has 0 amide bonds. The standard InChI is InChI=1S/C14H16FN3.C7H14N2O.C2H4.C2H2/c1-18-11-6-7-12(13(16)8-11)14(17)9-2-4-10(15)5-3-9;8-5-7(10)6-9-3-1-2-4-9;2*1-2/h2,4,6-8,17-18H,3,5,16H2,1H3;1-6,8H2;1-2H2;1-2H. The third-order valence-corrected chi connectivity index (χ3v) is 4.86. The van der Waals surface area contributed by atoms with E-state index in [4.69, 9.17) is 16.9 Å². The zero-order valence-electron chi connectivity index (χ0n) is 19.0. The van der Waals surface area contributed by atoms with E-state index in [1.165, 1.54) is 18.9 Å². The molecule has 32 heavy (non-hydrogen) atoms. The minimum Gasteiger partial charge on any atom is -0.398 e. The van der Waals surface area contributed by atoms with Crippen LogP contribution in [0.4, 0.5) is 15.8 Å². The van der Waals surface area contributed by atoms with Crippen molar-refractivity contribution in [1.29, 1.82) is 5.41 Å². The molecule has 0 unspecified atom stereocenters. The second-order valence-electron chi connectivity index (χ2n) is 6.96. The lowest BCUT2D eigenvalue weighted by Crippen LogP contribution is -2.30. The van der Waals surface area contributed by atoms with Gasteiger partial charge >= 0.3 is 0 Å². The predicted molar refractivity (Wildman–Crippen MR) is 135 cm³/mol. The Bertz CT molecular complexity index is 823. The molecule has 1 heterocycles.